The Bertz CT molecular complexity index is 1440. The summed E-state index contributed by atoms with van der Waals surface area (Å²) in [6.45, 7) is 4.83. The molecule has 12 heteroatoms. The Hall–Kier alpha value is -3.54. The molecule has 0 saturated carbocycles. The van der Waals surface area contributed by atoms with Gasteiger partial charge in [0.2, 0.25) is 0 Å². The van der Waals surface area contributed by atoms with Crippen LogP contribution in [0.5, 0.6) is 5.75 Å². The van der Waals surface area contributed by atoms with Crippen molar-refractivity contribution in [3.63, 3.8) is 0 Å². The molecule has 1 atom stereocenters. The molecule has 0 fully saturated rings. The highest BCUT2D eigenvalue weighted by Gasteiger charge is 2.30. The van der Waals surface area contributed by atoms with Gasteiger partial charge < -0.3 is 24.6 Å². The van der Waals surface area contributed by atoms with Crippen LogP contribution in [0.15, 0.2) is 28.9 Å². The summed E-state index contributed by atoms with van der Waals surface area (Å²) < 4.78 is 28.9. The van der Waals surface area contributed by atoms with Crippen LogP contribution in [0.1, 0.15) is 22.7 Å². The summed E-state index contributed by atoms with van der Waals surface area (Å²) in [6.07, 6.45) is 1.10. The summed E-state index contributed by atoms with van der Waals surface area (Å²) in [6, 6.07) is 5.04. The number of halogens is 2. The molecule has 4 aromatic rings. The first-order chi connectivity index (χ1) is 17.8. The molecule has 1 aliphatic heterocycles. The van der Waals surface area contributed by atoms with Crippen molar-refractivity contribution in [3.8, 4) is 28.4 Å². The SMILES string of the molecule is CNC[C@@H](O)COc1ccc(Cl)c(-c2nc(-c3c(C)noc3C)c(F)c(N3Cc4cnn(C)c4C3)n2)c1. The van der Waals surface area contributed by atoms with Crippen molar-refractivity contribution in [1.29, 1.82) is 0 Å². The standard InChI is InChI=1S/C25H27ClFN7O3/c1-13-21(14(2)37-32-13)23-22(27)25(34-10-15-8-29-33(4)20(15)11-34)31-24(30-23)18-7-17(5-6-19(18)26)36-12-16(35)9-28-3/h5-8,16,28,35H,9-12H2,1-4H3/t16-/m1/s1. The zero-order valence-corrected chi connectivity index (χ0v) is 21.7. The zero-order valence-electron chi connectivity index (χ0n) is 20.9. The summed E-state index contributed by atoms with van der Waals surface area (Å²) in [4.78, 5) is 11.1. The van der Waals surface area contributed by atoms with Gasteiger partial charge in [-0.3, -0.25) is 4.68 Å². The highest BCUT2D eigenvalue weighted by molar-refractivity contribution is 6.33. The van der Waals surface area contributed by atoms with E-state index in [0.29, 0.717) is 53.0 Å². The van der Waals surface area contributed by atoms with Crippen LogP contribution in [0.3, 0.4) is 0 Å². The fraction of sp³-hybridized carbons (Fsp3) is 0.360. The monoisotopic (exact) mass is 527 g/mol. The van der Waals surface area contributed by atoms with Crippen LogP contribution in [0.4, 0.5) is 10.2 Å². The highest BCUT2D eigenvalue weighted by atomic mass is 35.5. The Balaban J connectivity index is 1.60. The predicted molar refractivity (Wildman–Crippen MR) is 136 cm³/mol. The van der Waals surface area contributed by atoms with Crippen LogP contribution in [0.25, 0.3) is 22.6 Å². The maximum absolute atomic E-state index is 16.1. The van der Waals surface area contributed by atoms with Crippen molar-refractivity contribution in [3.05, 3.63) is 57.9 Å². The lowest BCUT2D eigenvalue weighted by Gasteiger charge is -2.20. The summed E-state index contributed by atoms with van der Waals surface area (Å²) in [7, 11) is 3.61. The number of aromatic nitrogens is 5. The second-order valence-electron chi connectivity index (χ2n) is 8.99. The number of aliphatic hydroxyl groups excluding tert-OH is 1. The molecule has 10 nitrogen and oxygen atoms in total. The summed E-state index contributed by atoms with van der Waals surface area (Å²) in [5.41, 5.74) is 3.54. The Kier molecular flexibility index (Phi) is 6.84. The number of fused-ring (bicyclic) bond motifs is 1. The minimum absolute atomic E-state index is 0.0807. The molecule has 37 heavy (non-hydrogen) atoms. The Morgan fingerprint density at radius 1 is 1.27 bits per heavy atom. The van der Waals surface area contributed by atoms with Crippen LogP contribution in [0, 0.1) is 19.7 Å². The lowest BCUT2D eigenvalue weighted by Crippen LogP contribution is -2.29. The van der Waals surface area contributed by atoms with E-state index in [2.05, 4.69) is 25.5 Å². The molecule has 3 aromatic heterocycles. The quantitative estimate of drug-likeness (QED) is 0.355. The van der Waals surface area contributed by atoms with Gasteiger partial charge in [0, 0.05) is 31.3 Å². The van der Waals surface area contributed by atoms with Gasteiger partial charge in [0.05, 0.1) is 34.7 Å². The molecule has 194 valence electrons. The smallest absolute Gasteiger partial charge is 0.192 e. The fourth-order valence-corrected chi connectivity index (χ4v) is 4.64. The number of aryl methyl sites for hydroxylation is 3. The van der Waals surface area contributed by atoms with Gasteiger partial charge in [-0.2, -0.15) is 5.10 Å². The molecule has 0 amide bonds. The molecular weight excluding hydrogens is 501 g/mol. The third-order valence-electron chi connectivity index (χ3n) is 6.31. The predicted octanol–water partition coefficient (Wildman–Crippen LogP) is 3.42. The van der Waals surface area contributed by atoms with Gasteiger partial charge >= 0.3 is 0 Å². The molecule has 2 N–H and O–H groups in total. The summed E-state index contributed by atoms with van der Waals surface area (Å²) >= 11 is 6.57. The molecule has 1 aliphatic rings. The van der Waals surface area contributed by atoms with E-state index < -0.39 is 11.9 Å². The number of benzene rings is 1. The van der Waals surface area contributed by atoms with Gasteiger partial charge in [0.1, 0.15) is 29.9 Å². The number of nitrogens with one attached hydrogen (secondary N) is 1. The van der Waals surface area contributed by atoms with E-state index in [9.17, 15) is 5.11 Å². The van der Waals surface area contributed by atoms with Gasteiger partial charge in [-0.05, 0) is 39.1 Å². The average molecular weight is 528 g/mol. The molecule has 0 saturated heterocycles. The number of nitrogens with zero attached hydrogens (tertiary/aromatic N) is 6. The van der Waals surface area contributed by atoms with Gasteiger partial charge in [-0.1, -0.05) is 16.8 Å². The molecule has 0 bridgehead atoms. The molecule has 1 aromatic carbocycles. The molecule has 0 spiro atoms. The lowest BCUT2D eigenvalue weighted by molar-refractivity contribution is 0.108. The number of ether oxygens (including phenoxy) is 1. The van der Waals surface area contributed by atoms with Crippen molar-refractivity contribution in [2.75, 3.05) is 25.1 Å². The van der Waals surface area contributed by atoms with E-state index >= 15 is 4.39 Å². The molecule has 0 unspecified atom stereocenters. The lowest BCUT2D eigenvalue weighted by atomic mass is 10.1. The highest BCUT2D eigenvalue weighted by Crippen LogP contribution is 2.38. The van der Waals surface area contributed by atoms with Crippen molar-refractivity contribution < 1.29 is 18.8 Å². The van der Waals surface area contributed by atoms with E-state index in [-0.39, 0.29) is 23.9 Å². The third kappa shape index (κ3) is 4.77. The topological polar surface area (TPSA) is 114 Å². The number of hydrogen-bond donors (Lipinski definition) is 2. The van der Waals surface area contributed by atoms with E-state index in [1.807, 2.05) is 11.9 Å². The first kappa shape index (κ1) is 25.1. The van der Waals surface area contributed by atoms with Crippen LogP contribution < -0.4 is 15.0 Å². The number of rotatable bonds is 8. The fourth-order valence-electron chi connectivity index (χ4n) is 4.44. The molecule has 4 heterocycles. The summed E-state index contributed by atoms with van der Waals surface area (Å²) in [5, 5.41) is 21.5. The number of hydrogen-bond acceptors (Lipinski definition) is 9. The normalized spacial score (nSPS) is 13.8. The molecular formula is C25H27ClFN7O3. The van der Waals surface area contributed by atoms with Gasteiger partial charge in [-0.25, -0.2) is 14.4 Å². The molecule has 0 aliphatic carbocycles. The van der Waals surface area contributed by atoms with E-state index in [4.69, 9.17) is 20.9 Å². The number of likely N-dealkylation sites (N-methyl/N-ethyl adjacent to an activating group) is 1. The first-order valence-electron chi connectivity index (χ1n) is 11.8. The second-order valence-corrected chi connectivity index (χ2v) is 9.40. The Morgan fingerprint density at radius 3 is 2.78 bits per heavy atom. The van der Waals surface area contributed by atoms with Crippen molar-refractivity contribution in [2.45, 2.75) is 33.0 Å². The van der Waals surface area contributed by atoms with Gasteiger partial charge in [0.15, 0.2) is 17.5 Å². The molecule has 5 rings (SSSR count). The average Bonchev–Trinajstić information content (AvgIpc) is 3.55. The van der Waals surface area contributed by atoms with Gasteiger partial charge in [-0.15, -0.1) is 0 Å². The maximum atomic E-state index is 16.1. The van der Waals surface area contributed by atoms with Crippen molar-refractivity contribution >= 4 is 17.4 Å². The summed E-state index contributed by atoms with van der Waals surface area (Å²) in [5.74, 6) is 0.720. The zero-order chi connectivity index (χ0) is 26.3. The van der Waals surface area contributed by atoms with E-state index in [1.54, 1.807) is 50.0 Å². The van der Waals surface area contributed by atoms with Crippen molar-refractivity contribution in [2.24, 2.45) is 7.05 Å². The maximum Gasteiger partial charge on any atom is 0.192 e. The first-order valence-corrected chi connectivity index (χ1v) is 12.2. The largest absolute Gasteiger partial charge is 0.491 e. The van der Waals surface area contributed by atoms with Crippen LogP contribution in [-0.4, -0.2) is 56.3 Å². The van der Waals surface area contributed by atoms with Crippen LogP contribution in [-0.2, 0) is 20.1 Å². The van der Waals surface area contributed by atoms with E-state index in [0.717, 1.165) is 11.3 Å². The van der Waals surface area contributed by atoms with Crippen molar-refractivity contribution in [1.82, 2.24) is 30.2 Å². The Morgan fingerprint density at radius 2 is 2.08 bits per heavy atom. The molecule has 0 radical (unpaired) electrons. The van der Waals surface area contributed by atoms with Crippen LogP contribution in [0.2, 0.25) is 5.02 Å². The number of anilines is 1. The van der Waals surface area contributed by atoms with E-state index in [1.165, 1.54) is 0 Å². The van der Waals surface area contributed by atoms with Gasteiger partial charge in [0.25, 0.3) is 0 Å². The minimum Gasteiger partial charge on any atom is -0.491 e. The second kappa shape index (κ2) is 10.1. The third-order valence-corrected chi connectivity index (χ3v) is 6.64. The number of aliphatic hydroxyl groups is 1. The van der Waals surface area contributed by atoms with Crippen LogP contribution >= 0.6 is 11.6 Å². The minimum atomic E-state index is -0.685. The Labute approximate surface area is 218 Å².